The highest BCUT2D eigenvalue weighted by Gasteiger charge is 2.00. The van der Waals surface area contributed by atoms with Gasteiger partial charge in [0.15, 0.2) is 0 Å². The second-order valence-electron chi connectivity index (χ2n) is 2.33. The van der Waals surface area contributed by atoms with Crippen molar-refractivity contribution in [2.24, 2.45) is 0 Å². The van der Waals surface area contributed by atoms with Gasteiger partial charge in [-0.1, -0.05) is 12.1 Å². The predicted molar refractivity (Wildman–Crippen MR) is 49.6 cm³/mol. The van der Waals surface area contributed by atoms with E-state index >= 15 is 0 Å². The number of benzene rings is 1. The molecule has 0 fully saturated rings. The van der Waals surface area contributed by atoms with Crippen LogP contribution in [0.25, 0.3) is 11.0 Å². The number of H-pyrrole nitrogens is 1. The first-order chi connectivity index (χ1) is 6.97. The number of aromatic amines is 1. The Hall–Kier alpha value is -1.29. The van der Waals surface area contributed by atoms with Crippen LogP contribution in [0, 0.1) is 4.77 Å². The van der Waals surface area contributed by atoms with E-state index in [-0.39, 0.29) is 4.77 Å². The minimum absolute atomic E-state index is 0.229. The van der Waals surface area contributed by atoms with Gasteiger partial charge < -0.3 is 9.82 Å². The molecule has 0 bridgehead atoms. The Balaban J connectivity index is 2.60. The molecule has 3 nitrogen and oxygen atoms in total. The molecule has 0 aliphatic rings. The molecule has 0 atom stereocenters. The fourth-order valence-corrected chi connectivity index (χ4v) is 1.37. The van der Waals surface area contributed by atoms with Crippen molar-refractivity contribution in [1.82, 2.24) is 9.71 Å². The van der Waals surface area contributed by atoms with Crippen molar-refractivity contribution in [3.8, 4) is 0 Å². The summed E-state index contributed by atoms with van der Waals surface area (Å²) in [5.74, 6) is 0. The average Bonchev–Trinajstić information content (AvgIpc) is 2.41. The molecule has 1 aromatic carbocycles. The zero-order valence-corrected chi connectivity index (χ0v) is 6.89. The van der Waals surface area contributed by atoms with Crippen LogP contribution in [0.5, 0.6) is 0 Å². The summed E-state index contributed by atoms with van der Waals surface area (Å²) in [6, 6.07) is 7.13. The monoisotopic (exact) mass is 183 g/mol. The lowest BCUT2D eigenvalue weighted by Gasteiger charge is -1.98. The maximum absolute atomic E-state index is 7.01. The van der Waals surface area contributed by atoms with E-state index in [0.29, 0.717) is 5.52 Å². The van der Waals surface area contributed by atoms with Crippen LogP contribution in [0.15, 0.2) is 24.3 Å². The van der Waals surface area contributed by atoms with Crippen molar-refractivity contribution in [2.45, 2.75) is 0 Å². The molecule has 12 heavy (non-hydrogen) atoms. The number of para-hydroxylation sites is 2. The molecule has 0 saturated heterocycles. The number of nitrogens with zero attached hydrogens (tertiary/aromatic N) is 1. The fourth-order valence-electron chi connectivity index (χ4n) is 1.12. The molecule has 1 aromatic heterocycles. The minimum Gasteiger partial charge on any atom is -0.414 e. The average molecular weight is 183 g/mol. The molecule has 0 aliphatic heterocycles. The van der Waals surface area contributed by atoms with Gasteiger partial charge in [-0.05, 0) is 24.4 Å². The van der Waals surface area contributed by atoms with Crippen molar-refractivity contribution in [2.75, 3.05) is 7.04 Å². The summed E-state index contributed by atoms with van der Waals surface area (Å²) in [7, 11) is -2.51. The van der Waals surface area contributed by atoms with Crippen LogP contribution in [-0.2, 0) is 0 Å². The smallest absolute Gasteiger partial charge is 0.212 e. The van der Waals surface area contributed by atoms with E-state index in [0.717, 1.165) is 10.2 Å². The van der Waals surface area contributed by atoms with E-state index in [1.807, 2.05) is 6.07 Å². The number of rotatable bonds is 1. The van der Waals surface area contributed by atoms with Gasteiger partial charge >= 0.3 is 0 Å². The number of aromatic nitrogens is 2. The normalized spacial score (nSPS) is 15.2. The van der Waals surface area contributed by atoms with Gasteiger partial charge in [0.25, 0.3) is 0 Å². The Morgan fingerprint density at radius 3 is 3.25 bits per heavy atom. The number of imidazole rings is 1. The van der Waals surface area contributed by atoms with Crippen LogP contribution in [0.2, 0.25) is 0 Å². The molecule has 0 saturated carbocycles. The summed E-state index contributed by atoms with van der Waals surface area (Å²) in [5.41, 5.74) is 1.35. The van der Waals surface area contributed by atoms with Gasteiger partial charge in [-0.3, -0.25) is 0 Å². The third-order valence-electron chi connectivity index (χ3n) is 1.64. The zero-order chi connectivity index (χ0) is 11.1. The molecular weight excluding hydrogens is 172 g/mol. The molecule has 0 aliphatic carbocycles. The molecule has 0 unspecified atom stereocenters. The standard InChI is InChI=1S/C8H8N2OS/c1-11-10-7-5-3-2-4-6(7)9-8(10)12/h2-5H,1H3,(H,9,12)/i1D3. The van der Waals surface area contributed by atoms with Gasteiger partial charge in [-0.25, -0.2) is 0 Å². The predicted octanol–water partition coefficient (Wildman–Crippen LogP) is 1.76. The van der Waals surface area contributed by atoms with E-state index in [2.05, 4.69) is 4.98 Å². The van der Waals surface area contributed by atoms with E-state index in [9.17, 15) is 0 Å². The van der Waals surface area contributed by atoms with E-state index in [4.69, 9.17) is 21.2 Å². The van der Waals surface area contributed by atoms with Crippen molar-refractivity contribution in [3.05, 3.63) is 29.0 Å². The van der Waals surface area contributed by atoms with Gasteiger partial charge in [-0.15, -0.1) is 0 Å². The van der Waals surface area contributed by atoms with Crippen molar-refractivity contribution in [1.29, 1.82) is 0 Å². The molecule has 0 amide bonds. The number of hydrogen-bond donors (Lipinski definition) is 1. The first-order valence-corrected chi connectivity index (χ1v) is 3.77. The highest BCUT2D eigenvalue weighted by Crippen LogP contribution is 2.11. The maximum Gasteiger partial charge on any atom is 0.212 e. The SMILES string of the molecule is [2H]C([2H])([2H])On1c(=S)[nH]c2ccccc21. The second-order valence-corrected chi connectivity index (χ2v) is 2.72. The fraction of sp³-hybridized carbons (Fsp3) is 0.125. The van der Waals surface area contributed by atoms with Crippen LogP contribution in [0.3, 0.4) is 0 Å². The van der Waals surface area contributed by atoms with E-state index in [1.54, 1.807) is 18.2 Å². The van der Waals surface area contributed by atoms with Crippen LogP contribution in [0.4, 0.5) is 0 Å². The zero-order valence-electron chi connectivity index (χ0n) is 9.07. The number of fused-ring (bicyclic) bond motifs is 1. The summed E-state index contributed by atoms with van der Waals surface area (Å²) in [4.78, 5) is 7.62. The molecule has 4 heteroatoms. The molecular formula is C8H8N2OS. The first-order valence-electron chi connectivity index (χ1n) is 4.87. The summed E-state index contributed by atoms with van der Waals surface area (Å²) in [6.07, 6.45) is 0. The highest BCUT2D eigenvalue weighted by molar-refractivity contribution is 7.71. The Morgan fingerprint density at radius 1 is 1.58 bits per heavy atom. The lowest BCUT2D eigenvalue weighted by atomic mass is 10.3. The van der Waals surface area contributed by atoms with Crippen molar-refractivity contribution < 1.29 is 8.95 Å². The topological polar surface area (TPSA) is 29.9 Å². The summed E-state index contributed by atoms with van der Waals surface area (Å²) < 4.78 is 22.4. The van der Waals surface area contributed by atoms with Crippen LogP contribution >= 0.6 is 12.2 Å². The van der Waals surface area contributed by atoms with Crippen LogP contribution < -0.4 is 4.84 Å². The molecule has 62 valence electrons. The lowest BCUT2D eigenvalue weighted by Crippen LogP contribution is -2.04. The number of nitrogens with one attached hydrogen (secondary N) is 1. The second kappa shape index (κ2) is 2.64. The van der Waals surface area contributed by atoms with E-state index in [1.165, 1.54) is 0 Å². The maximum atomic E-state index is 7.01. The minimum atomic E-state index is -2.51. The Bertz CT molecular complexity index is 543. The van der Waals surface area contributed by atoms with Crippen LogP contribution in [0.1, 0.15) is 4.11 Å². The number of hydrogen-bond acceptors (Lipinski definition) is 2. The summed E-state index contributed by atoms with van der Waals surface area (Å²) >= 11 is 4.95. The first kappa shape index (κ1) is 4.67. The van der Waals surface area contributed by atoms with Gasteiger partial charge in [-0.2, -0.15) is 4.73 Å². The third kappa shape index (κ3) is 0.921. The van der Waals surface area contributed by atoms with E-state index < -0.39 is 7.04 Å². The van der Waals surface area contributed by atoms with Gasteiger partial charge in [0.1, 0.15) is 12.6 Å². The lowest BCUT2D eigenvalue weighted by molar-refractivity contribution is 0.174. The quantitative estimate of drug-likeness (QED) is 0.683. The van der Waals surface area contributed by atoms with Crippen molar-refractivity contribution >= 4 is 23.3 Å². The summed E-state index contributed by atoms with van der Waals surface area (Å²) in [6.45, 7) is 0. The van der Waals surface area contributed by atoms with Gasteiger partial charge in [0.2, 0.25) is 4.77 Å². The van der Waals surface area contributed by atoms with Crippen LogP contribution in [-0.4, -0.2) is 16.8 Å². The Kier molecular flexibility index (Phi) is 1.03. The summed E-state index contributed by atoms with van der Waals surface area (Å²) in [5, 5.41) is 0. The third-order valence-corrected chi connectivity index (χ3v) is 1.91. The Labute approximate surface area is 78.8 Å². The molecule has 0 radical (unpaired) electrons. The van der Waals surface area contributed by atoms with Gasteiger partial charge in [0.05, 0.1) is 9.63 Å². The Morgan fingerprint density at radius 2 is 2.42 bits per heavy atom. The molecule has 2 aromatic rings. The molecule has 0 spiro atoms. The highest BCUT2D eigenvalue weighted by atomic mass is 32.1. The van der Waals surface area contributed by atoms with Crippen molar-refractivity contribution in [3.63, 3.8) is 0 Å². The molecule has 2 rings (SSSR count). The largest absolute Gasteiger partial charge is 0.414 e. The van der Waals surface area contributed by atoms with Gasteiger partial charge in [0, 0.05) is 0 Å². The molecule has 1 heterocycles. The molecule has 1 N–H and O–H groups in total.